The SMILES string of the molecule is O=C1C=CC2(C=C1)CC1(CCC1)O2. The van der Waals surface area contributed by atoms with Crippen molar-refractivity contribution in [2.45, 2.75) is 36.9 Å². The second kappa shape index (κ2) is 2.13. The maximum atomic E-state index is 10.9. The Balaban J connectivity index is 1.77. The summed E-state index contributed by atoms with van der Waals surface area (Å²) in [5, 5.41) is 0. The van der Waals surface area contributed by atoms with E-state index in [9.17, 15) is 4.79 Å². The molecule has 1 heterocycles. The number of ketones is 1. The van der Waals surface area contributed by atoms with Crippen LogP contribution in [-0.2, 0) is 9.53 Å². The number of hydrogen-bond acceptors (Lipinski definition) is 2. The van der Waals surface area contributed by atoms with Crippen LogP contribution in [0, 0.1) is 0 Å². The molecule has 0 amide bonds. The van der Waals surface area contributed by atoms with Gasteiger partial charge in [0.1, 0.15) is 5.60 Å². The lowest BCUT2D eigenvalue weighted by atomic mass is 9.66. The van der Waals surface area contributed by atoms with Crippen molar-refractivity contribution in [2.24, 2.45) is 0 Å². The fourth-order valence-electron chi connectivity index (χ4n) is 2.49. The quantitative estimate of drug-likeness (QED) is 0.562. The van der Waals surface area contributed by atoms with Gasteiger partial charge in [-0.2, -0.15) is 0 Å². The van der Waals surface area contributed by atoms with E-state index >= 15 is 0 Å². The average molecular weight is 176 g/mol. The highest BCUT2D eigenvalue weighted by Crippen LogP contribution is 2.54. The molecule has 1 saturated carbocycles. The second-order valence-corrected chi connectivity index (χ2v) is 4.34. The molecule has 0 N–H and O–H groups in total. The molecular weight excluding hydrogens is 164 g/mol. The van der Waals surface area contributed by atoms with Crippen LogP contribution in [0.15, 0.2) is 24.3 Å². The average Bonchev–Trinajstić information content (AvgIpc) is 1.99. The third kappa shape index (κ3) is 0.953. The van der Waals surface area contributed by atoms with Crippen molar-refractivity contribution in [1.29, 1.82) is 0 Å². The van der Waals surface area contributed by atoms with Crippen molar-refractivity contribution >= 4 is 5.78 Å². The van der Waals surface area contributed by atoms with Gasteiger partial charge in [-0.25, -0.2) is 0 Å². The van der Waals surface area contributed by atoms with Gasteiger partial charge in [-0.15, -0.1) is 0 Å². The molecule has 0 aromatic rings. The summed E-state index contributed by atoms with van der Waals surface area (Å²) >= 11 is 0. The van der Waals surface area contributed by atoms with Crippen LogP contribution in [-0.4, -0.2) is 17.0 Å². The minimum absolute atomic E-state index is 0.0729. The fourth-order valence-corrected chi connectivity index (χ4v) is 2.49. The number of allylic oxidation sites excluding steroid dienone is 2. The Morgan fingerprint density at radius 3 is 2.31 bits per heavy atom. The summed E-state index contributed by atoms with van der Waals surface area (Å²) in [6.07, 6.45) is 11.8. The van der Waals surface area contributed by atoms with Gasteiger partial charge in [-0.05, 0) is 43.6 Å². The summed E-state index contributed by atoms with van der Waals surface area (Å²) < 4.78 is 5.91. The van der Waals surface area contributed by atoms with Crippen LogP contribution >= 0.6 is 0 Å². The minimum Gasteiger partial charge on any atom is -0.360 e. The molecule has 0 aromatic carbocycles. The molecule has 1 saturated heterocycles. The van der Waals surface area contributed by atoms with E-state index < -0.39 is 0 Å². The first-order chi connectivity index (χ1) is 6.22. The molecule has 0 atom stereocenters. The number of carbonyl (C=O) groups is 1. The molecule has 3 aliphatic rings. The Hall–Kier alpha value is -0.890. The molecule has 1 aliphatic heterocycles. The van der Waals surface area contributed by atoms with Gasteiger partial charge in [0, 0.05) is 6.42 Å². The van der Waals surface area contributed by atoms with Crippen molar-refractivity contribution in [1.82, 2.24) is 0 Å². The Labute approximate surface area is 77.3 Å². The largest absolute Gasteiger partial charge is 0.360 e. The summed E-state index contributed by atoms with van der Waals surface area (Å²) in [4.78, 5) is 10.9. The van der Waals surface area contributed by atoms with E-state index in [4.69, 9.17) is 4.74 Å². The van der Waals surface area contributed by atoms with Gasteiger partial charge in [0.2, 0.25) is 0 Å². The zero-order valence-corrected chi connectivity index (χ0v) is 7.45. The van der Waals surface area contributed by atoms with E-state index in [1.54, 1.807) is 12.2 Å². The van der Waals surface area contributed by atoms with E-state index in [0.29, 0.717) is 0 Å². The van der Waals surface area contributed by atoms with Gasteiger partial charge in [-0.1, -0.05) is 0 Å². The zero-order chi connectivity index (χ0) is 8.94. The summed E-state index contributed by atoms with van der Waals surface area (Å²) in [5.41, 5.74) is -0.0244. The lowest BCUT2D eigenvalue weighted by Crippen LogP contribution is -2.61. The lowest BCUT2D eigenvalue weighted by Gasteiger charge is -2.59. The normalized spacial score (nSPS) is 31.8. The van der Waals surface area contributed by atoms with E-state index in [2.05, 4.69) is 0 Å². The highest BCUT2D eigenvalue weighted by molar-refractivity contribution is 6.00. The maximum Gasteiger partial charge on any atom is 0.178 e. The molecule has 2 aliphatic carbocycles. The van der Waals surface area contributed by atoms with Crippen LogP contribution in [0.3, 0.4) is 0 Å². The molecular formula is C11H12O2. The Bertz CT molecular complexity index is 295. The van der Waals surface area contributed by atoms with Crippen molar-refractivity contribution in [3.8, 4) is 0 Å². The summed E-state index contributed by atoms with van der Waals surface area (Å²) in [6.45, 7) is 0. The smallest absolute Gasteiger partial charge is 0.178 e. The zero-order valence-electron chi connectivity index (χ0n) is 7.45. The maximum absolute atomic E-state index is 10.9. The minimum atomic E-state index is -0.214. The Morgan fingerprint density at radius 1 is 1.23 bits per heavy atom. The molecule has 0 aromatic heterocycles. The standard InChI is InChI=1S/C11H12O2/c12-9-2-6-11(7-3-9)8-10(13-11)4-1-5-10/h2-3,6-7H,1,4-5,8H2. The van der Waals surface area contributed by atoms with Crippen molar-refractivity contribution in [2.75, 3.05) is 0 Å². The van der Waals surface area contributed by atoms with Crippen molar-refractivity contribution < 1.29 is 9.53 Å². The van der Waals surface area contributed by atoms with E-state index in [-0.39, 0.29) is 17.0 Å². The lowest BCUT2D eigenvalue weighted by molar-refractivity contribution is -0.261. The van der Waals surface area contributed by atoms with E-state index in [1.165, 1.54) is 19.3 Å². The van der Waals surface area contributed by atoms with Gasteiger partial charge in [0.05, 0.1) is 5.60 Å². The molecule has 13 heavy (non-hydrogen) atoms. The molecule has 2 nitrogen and oxygen atoms in total. The predicted molar refractivity (Wildman–Crippen MR) is 48.3 cm³/mol. The van der Waals surface area contributed by atoms with E-state index in [1.807, 2.05) is 12.2 Å². The number of ether oxygens (including phenoxy) is 1. The molecule has 0 bridgehead atoms. The molecule has 2 fully saturated rings. The number of rotatable bonds is 0. The third-order valence-electron chi connectivity index (χ3n) is 3.33. The monoisotopic (exact) mass is 176 g/mol. The number of carbonyl (C=O) groups excluding carboxylic acids is 1. The van der Waals surface area contributed by atoms with Gasteiger partial charge < -0.3 is 4.74 Å². The van der Waals surface area contributed by atoms with Gasteiger partial charge in [-0.3, -0.25) is 4.79 Å². The first-order valence-electron chi connectivity index (χ1n) is 4.85. The molecule has 0 radical (unpaired) electrons. The highest BCUT2D eigenvalue weighted by Gasteiger charge is 2.56. The van der Waals surface area contributed by atoms with Crippen LogP contribution in [0.1, 0.15) is 25.7 Å². The van der Waals surface area contributed by atoms with Crippen LogP contribution < -0.4 is 0 Å². The van der Waals surface area contributed by atoms with E-state index in [0.717, 1.165) is 6.42 Å². The van der Waals surface area contributed by atoms with Crippen LogP contribution in [0.2, 0.25) is 0 Å². The first kappa shape index (κ1) is 7.51. The topological polar surface area (TPSA) is 26.3 Å². The third-order valence-corrected chi connectivity index (χ3v) is 3.33. The molecule has 2 heteroatoms. The van der Waals surface area contributed by atoms with Crippen molar-refractivity contribution in [3.05, 3.63) is 24.3 Å². The molecule has 68 valence electrons. The Kier molecular flexibility index (Phi) is 1.23. The van der Waals surface area contributed by atoms with Gasteiger partial charge in [0.15, 0.2) is 5.78 Å². The van der Waals surface area contributed by atoms with Crippen molar-refractivity contribution in [3.63, 3.8) is 0 Å². The Morgan fingerprint density at radius 2 is 1.85 bits per heavy atom. The molecule has 2 spiro atoms. The van der Waals surface area contributed by atoms with Crippen LogP contribution in [0.4, 0.5) is 0 Å². The highest BCUT2D eigenvalue weighted by atomic mass is 16.6. The number of hydrogen-bond donors (Lipinski definition) is 0. The summed E-state index contributed by atoms with van der Waals surface area (Å²) in [5.74, 6) is 0.0729. The van der Waals surface area contributed by atoms with Crippen LogP contribution in [0.5, 0.6) is 0 Å². The molecule has 3 rings (SSSR count). The second-order valence-electron chi connectivity index (χ2n) is 4.34. The first-order valence-corrected chi connectivity index (χ1v) is 4.85. The van der Waals surface area contributed by atoms with Gasteiger partial charge in [0.25, 0.3) is 0 Å². The summed E-state index contributed by atoms with van der Waals surface area (Å²) in [6, 6.07) is 0. The van der Waals surface area contributed by atoms with Crippen LogP contribution in [0.25, 0.3) is 0 Å². The fraction of sp³-hybridized carbons (Fsp3) is 0.545. The molecule has 0 unspecified atom stereocenters. The van der Waals surface area contributed by atoms with Gasteiger partial charge >= 0.3 is 0 Å². The summed E-state index contributed by atoms with van der Waals surface area (Å²) in [7, 11) is 0. The predicted octanol–water partition coefficient (Wildman–Crippen LogP) is 1.76.